The SMILES string of the molecule is CCOC(=O)c1cc(C(=O)Nc2nn(Cc3ccc(Cl)cc3Cl)cc2Br)nn1C. The van der Waals surface area contributed by atoms with Gasteiger partial charge in [-0.25, -0.2) is 4.79 Å². The van der Waals surface area contributed by atoms with E-state index in [1.54, 1.807) is 37.0 Å². The minimum Gasteiger partial charge on any atom is -0.461 e. The fourth-order valence-electron chi connectivity index (χ4n) is 2.53. The smallest absolute Gasteiger partial charge is 0.356 e. The van der Waals surface area contributed by atoms with Crippen molar-refractivity contribution in [3.8, 4) is 0 Å². The first kappa shape index (κ1) is 21.4. The van der Waals surface area contributed by atoms with E-state index in [0.29, 0.717) is 26.9 Å². The third-order valence-electron chi connectivity index (χ3n) is 3.89. The lowest BCUT2D eigenvalue weighted by atomic mass is 10.2. The van der Waals surface area contributed by atoms with E-state index in [0.717, 1.165) is 5.56 Å². The molecule has 1 N–H and O–H groups in total. The number of hydrogen-bond acceptors (Lipinski definition) is 5. The Morgan fingerprint density at radius 1 is 1.24 bits per heavy atom. The lowest BCUT2D eigenvalue weighted by Gasteiger charge is -2.05. The van der Waals surface area contributed by atoms with Crippen LogP contribution in [0, 0.1) is 0 Å². The van der Waals surface area contributed by atoms with Crippen LogP contribution in [0.5, 0.6) is 0 Å². The third-order valence-corrected chi connectivity index (χ3v) is 5.06. The first-order valence-corrected chi connectivity index (χ1v) is 10.0. The zero-order valence-corrected chi connectivity index (χ0v) is 18.5. The number of carbonyl (C=O) groups is 2. The molecule has 0 aliphatic heterocycles. The molecule has 0 radical (unpaired) electrons. The lowest BCUT2D eigenvalue weighted by molar-refractivity contribution is 0.0513. The van der Waals surface area contributed by atoms with Crippen LogP contribution in [0.3, 0.4) is 0 Å². The molecule has 0 saturated heterocycles. The Labute approximate surface area is 184 Å². The van der Waals surface area contributed by atoms with Crippen LogP contribution in [0.4, 0.5) is 5.82 Å². The topological polar surface area (TPSA) is 91.0 Å². The second kappa shape index (κ2) is 8.98. The normalized spacial score (nSPS) is 10.8. The summed E-state index contributed by atoms with van der Waals surface area (Å²) in [4.78, 5) is 24.4. The average molecular weight is 501 g/mol. The summed E-state index contributed by atoms with van der Waals surface area (Å²) >= 11 is 15.5. The summed E-state index contributed by atoms with van der Waals surface area (Å²) in [6, 6.07) is 6.57. The Balaban J connectivity index is 1.75. The zero-order chi connectivity index (χ0) is 21.1. The van der Waals surface area contributed by atoms with Gasteiger partial charge in [0.15, 0.2) is 11.5 Å². The molecule has 3 rings (SSSR count). The fourth-order valence-corrected chi connectivity index (χ4v) is 3.42. The zero-order valence-electron chi connectivity index (χ0n) is 15.4. The molecule has 29 heavy (non-hydrogen) atoms. The number of esters is 1. The van der Waals surface area contributed by atoms with Gasteiger partial charge in [-0.1, -0.05) is 29.3 Å². The van der Waals surface area contributed by atoms with E-state index in [1.165, 1.54) is 10.7 Å². The molecule has 3 aromatic rings. The van der Waals surface area contributed by atoms with Gasteiger partial charge in [0.05, 0.1) is 17.6 Å². The van der Waals surface area contributed by atoms with Crippen LogP contribution in [0.15, 0.2) is 34.9 Å². The number of nitrogens with one attached hydrogen (secondary N) is 1. The molecule has 0 fully saturated rings. The standard InChI is InChI=1S/C18H16BrCl2N5O3/c1-3-29-18(28)15-7-14(23-25(15)2)17(27)22-16-12(19)9-26(24-16)8-10-4-5-11(20)6-13(10)21/h4-7,9H,3,8H2,1-2H3,(H,22,24,27). The predicted octanol–water partition coefficient (Wildman–Crippen LogP) is 4.16. The van der Waals surface area contributed by atoms with Crippen LogP contribution in [0.2, 0.25) is 10.0 Å². The van der Waals surface area contributed by atoms with Crippen molar-refractivity contribution in [3.05, 3.63) is 61.9 Å². The Kier molecular flexibility index (Phi) is 6.61. The quantitative estimate of drug-likeness (QED) is 0.513. The van der Waals surface area contributed by atoms with Gasteiger partial charge in [0.2, 0.25) is 0 Å². The van der Waals surface area contributed by atoms with Gasteiger partial charge in [-0.15, -0.1) is 0 Å². The number of ether oxygens (including phenoxy) is 1. The van der Waals surface area contributed by atoms with Crippen molar-refractivity contribution in [3.63, 3.8) is 0 Å². The highest BCUT2D eigenvalue weighted by Gasteiger charge is 2.20. The van der Waals surface area contributed by atoms with E-state index in [-0.39, 0.29) is 18.0 Å². The van der Waals surface area contributed by atoms with Gasteiger partial charge in [-0.05, 0) is 40.5 Å². The molecule has 2 heterocycles. The fraction of sp³-hybridized carbons (Fsp3) is 0.222. The number of amides is 1. The van der Waals surface area contributed by atoms with Crippen molar-refractivity contribution in [1.82, 2.24) is 19.6 Å². The molecule has 0 unspecified atom stereocenters. The van der Waals surface area contributed by atoms with Crippen LogP contribution < -0.4 is 5.32 Å². The first-order valence-electron chi connectivity index (χ1n) is 8.48. The van der Waals surface area contributed by atoms with Gasteiger partial charge < -0.3 is 10.1 Å². The largest absolute Gasteiger partial charge is 0.461 e. The van der Waals surface area contributed by atoms with Crippen molar-refractivity contribution < 1.29 is 14.3 Å². The maximum absolute atomic E-state index is 12.5. The maximum Gasteiger partial charge on any atom is 0.356 e. The number of halogens is 3. The molecule has 0 atom stereocenters. The Hall–Kier alpha value is -2.36. The molecule has 11 heteroatoms. The number of hydrogen-bond donors (Lipinski definition) is 1. The van der Waals surface area contributed by atoms with Crippen molar-refractivity contribution in [1.29, 1.82) is 0 Å². The molecule has 8 nitrogen and oxygen atoms in total. The Morgan fingerprint density at radius 3 is 2.69 bits per heavy atom. The van der Waals surface area contributed by atoms with Gasteiger partial charge >= 0.3 is 5.97 Å². The summed E-state index contributed by atoms with van der Waals surface area (Å²) < 4.78 is 8.44. The van der Waals surface area contributed by atoms with E-state index in [9.17, 15) is 9.59 Å². The highest BCUT2D eigenvalue weighted by molar-refractivity contribution is 9.10. The van der Waals surface area contributed by atoms with E-state index in [1.807, 2.05) is 6.07 Å². The predicted molar refractivity (Wildman–Crippen MR) is 113 cm³/mol. The van der Waals surface area contributed by atoms with Gasteiger partial charge in [0, 0.05) is 29.4 Å². The molecule has 152 valence electrons. The number of anilines is 1. The molecule has 0 spiro atoms. The second-order valence-electron chi connectivity index (χ2n) is 5.97. The van der Waals surface area contributed by atoms with Crippen LogP contribution >= 0.6 is 39.1 Å². The molecule has 0 saturated carbocycles. The third kappa shape index (κ3) is 4.98. The van der Waals surface area contributed by atoms with Crippen molar-refractivity contribution >= 4 is 56.8 Å². The van der Waals surface area contributed by atoms with E-state index in [4.69, 9.17) is 27.9 Å². The molecular weight excluding hydrogens is 485 g/mol. The second-order valence-corrected chi connectivity index (χ2v) is 7.67. The number of aromatic nitrogens is 4. The van der Waals surface area contributed by atoms with E-state index < -0.39 is 11.9 Å². The number of aryl methyl sites for hydroxylation is 1. The van der Waals surface area contributed by atoms with Crippen LogP contribution in [0.1, 0.15) is 33.5 Å². The summed E-state index contributed by atoms with van der Waals surface area (Å²) in [6.45, 7) is 2.32. The minimum absolute atomic E-state index is 0.0674. The Bertz CT molecular complexity index is 1080. The van der Waals surface area contributed by atoms with Crippen molar-refractivity contribution in [2.45, 2.75) is 13.5 Å². The molecule has 0 aliphatic carbocycles. The van der Waals surface area contributed by atoms with Crippen LogP contribution in [-0.4, -0.2) is 38.0 Å². The number of benzene rings is 1. The summed E-state index contributed by atoms with van der Waals surface area (Å²) in [6.07, 6.45) is 1.71. The summed E-state index contributed by atoms with van der Waals surface area (Å²) in [5.41, 5.74) is 1.07. The van der Waals surface area contributed by atoms with Gasteiger partial charge in [-0.3, -0.25) is 14.2 Å². The molecule has 2 aromatic heterocycles. The minimum atomic E-state index is -0.549. The average Bonchev–Trinajstić information content (AvgIpc) is 3.20. The van der Waals surface area contributed by atoms with Gasteiger partial charge in [0.1, 0.15) is 5.69 Å². The molecule has 1 aromatic carbocycles. The van der Waals surface area contributed by atoms with E-state index in [2.05, 4.69) is 31.4 Å². The summed E-state index contributed by atoms with van der Waals surface area (Å²) in [7, 11) is 1.56. The molecule has 0 bridgehead atoms. The number of rotatable bonds is 6. The maximum atomic E-state index is 12.5. The summed E-state index contributed by atoms with van der Waals surface area (Å²) in [5.74, 6) is -0.748. The number of carbonyl (C=O) groups excluding carboxylic acids is 2. The molecular formula is C18H16BrCl2N5O3. The first-order chi connectivity index (χ1) is 13.8. The Morgan fingerprint density at radius 2 is 2.00 bits per heavy atom. The van der Waals surface area contributed by atoms with Crippen LogP contribution in [-0.2, 0) is 18.3 Å². The highest BCUT2D eigenvalue weighted by Crippen LogP contribution is 2.25. The molecule has 0 aliphatic rings. The monoisotopic (exact) mass is 499 g/mol. The lowest BCUT2D eigenvalue weighted by Crippen LogP contribution is -2.14. The van der Waals surface area contributed by atoms with E-state index >= 15 is 0 Å². The van der Waals surface area contributed by atoms with Crippen LogP contribution in [0.25, 0.3) is 0 Å². The highest BCUT2D eigenvalue weighted by atomic mass is 79.9. The summed E-state index contributed by atoms with van der Waals surface area (Å²) in [5, 5.41) is 12.1. The van der Waals surface area contributed by atoms with Gasteiger partial charge in [-0.2, -0.15) is 10.2 Å². The molecule has 1 amide bonds. The van der Waals surface area contributed by atoms with Gasteiger partial charge in [0.25, 0.3) is 5.91 Å². The van der Waals surface area contributed by atoms with Crippen molar-refractivity contribution in [2.24, 2.45) is 7.05 Å². The number of nitrogens with zero attached hydrogens (tertiary/aromatic N) is 4. The van der Waals surface area contributed by atoms with Crippen molar-refractivity contribution in [2.75, 3.05) is 11.9 Å².